The van der Waals surface area contributed by atoms with E-state index in [-0.39, 0.29) is 23.6 Å². The molecule has 0 radical (unpaired) electrons. The largest absolute Gasteiger partial charge is 0.481 e. The van der Waals surface area contributed by atoms with E-state index < -0.39 is 19.0 Å². The van der Waals surface area contributed by atoms with Gasteiger partial charge in [0, 0.05) is 17.6 Å². The lowest BCUT2D eigenvalue weighted by Crippen LogP contribution is -2.46. The number of hydrogen-bond acceptors (Lipinski definition) is 4. The maximum Gasteiger partial charge on any atom is 0.451 e. The highest BCUT2D eigenvalue weighted by atomic mass is 19.1. The van der Waals surface area contributed by atoms with E-state index in [1.54, 1.807) is 6.07 Å². The summed E-state index contributed by atoms with van der Waals surface area (Å²) in [4.78, 5) is 14.3. The molecular weight excluding hydrogens is 360 g/mol. The fraction of sp³-hybridized carbons (Fsp3) is 0.667. The number of rotatable bonds is 7. The Morgan fingerprint density at radius 3 is 2.71 bits per heavy atom. The Morgan fingerprint density at radius 1 is 1.32 bits per heavy atom. The molecule has 0 spiro atoms. The van der Waals surface area contributed by atoms with Crippen molar-refractivity contribution in [1.29, 1.82) is 0 Å². The first kappa shape index (κ1) is 21.3. The van der Waals surface area contributed by atoms with E-state index in [1.165, 1.54) is 12.5 Å². The lowest BCUT2D eigenvalue weighted by molar-refractivity contribution is -0.139. The molecule has 2 aliphatic rings. The topological polar surface area (TPSA) is 81.0 Å². The molecule has 2 unspecified atom stereocenters. The van der Waals surface area contributed by atoms with E-state index in [4.69, 9.17) is 10.0 Å². The molecule has 0 aromatic heterocycles. The van der Waals surface area contributed by atoms with Crippen LogP contribution in [0.3, 0.4) is 0 Å². The molecule has 0 bridgehead atoms. The fourth-order valence-electron chi connectivity index (χ4n) is 4.91. The van der Waals surface area contributed by atoms with Gasteiger partial charge in [0.05, 0.1) is 5.92 Å². The number of halogens is 1. The van der Waals surface area contributed by atoms with Crippen molar-refractivity contribution in [2.75, 3.05) is 6.54 Å². The zero-order chi connectivity index (χ0) is 20.5. The zero-order valence-corrected chi connectivity index (χ0v) is 16.8. The van der Waals surface area contributed by atoms with Crippen molar-refractivity contribution in [1.82, 2.24) is 4.90 Å². The number of carboxylic acids is 1. The second-order valence-electron chi connectivity index (χ2n) is 9.03. The first-order valence-corrected chi connectivity index (χ1v) is 10.3. The van der Waals surface area contributed by atoms with Crippen LogP contribution in [-0.2, 0) is 17.8 Å². The molecule has 0 amide bonds. The van der Waals surface area contributed by atoms with Gasteiger partial charge in [-0.25, -0.2) is 4.39 Å². The average molecular weight is 391 g/mol. The lowest BCUT2D eigenvalue weighted by Gasteiger charge is -2.42. The van der Waals surface area contributed by atoms with Gasteiger partial charge < -0.3 is 15.2 Å². The number of benzene rings is 1. The minimum atomic E-state index is -1.37. The molecule has 28 heavy (non-hydrogen) atoms. The van der Waals surface area contributed by atoms with Gasteiger partial charge in [-0.05, 0) is 75.5 Å². The minimum Gasteiger partial charge on any atom is -0.481 e. The quantitative estimate of drug-likeness (QED) is 0.622. The number of carbonyl (C=O) groups is 1. The molecule has 3 N–H and O–H groups in total. The molecular formula is C21H31BFNO4. The van der Waals surface area contributed by atoms with Crippen LogP contribution in [0.15, 0.2) is 12.1 Å². The molecule has 1 fully saturated rings. The summed E-state index contributed by atoms with van der Waals surface area (Å²) in [5.74, 6) is -1.92. The second kappa shape index (κ2) is 8.51. The first-order chi connectivity index (χ1) is 13.2. The molecule has 1 aliphatic heterocycles. The molecule has 0 saturated carbocycles. The highest BCUT2D eigenvalue weighted by molar-refractivity contribution is 6.40. The monoisotopic (exact) mass is 391 g/mol. The van der Waals surface area contributed by atoms with Crippen LogP contribution in [-0.4, -0.2) is 45.2 Å². The molecule has 1 aliphatic carbocycles. The van der Waals surface area contributed by atoms with E-state index in [9.17, 15) is 14.3 Å². The van der Waals surface area contributed by atoms with E-state index >= 15 is 0 Å². The Bertz CT molecular complexity index is 725. The highest BCUT2D eigenvalue weighted by Gasteiger charge is 2.38. The van der Waals surface area contributed by atoms with E-state index in [2.05, 4.69) is 18.7 Å². The van der Waals surface area contributed by atoms with Gasteiger partial charge in [0.25, 0.3) is 0 Å². The zero-order valence-electron chi connectivity index (χ0n) is 16.8. The average Bonchev–Trinajstić information content (AvgIpc) is 2.93. The van der Waals surface area contributed by atoms with Gasteiger partial charge in [-0.1, -0.05) is 18.9 Å². The molecule has 5 nitrogen and oxygen atoms in total. The predicted octanol–water partition coefficient (Wildman–Crippen LogP) is 3.18. The van der Waals surface area contributed by atoms with Crippen LogP contribution in [0, 0.1) is 11.7 Å². The summed E-state index contributed by atoms with van der Waals surface area (Å²) in [6, 6.07) is 3.30. The van der Waals surface area contributed by atoms with Gasteiger partial charge in [0.2, 0.25) is 0 Å². The molecule has 1 saturated heterocycles. The number of nitrogens with zero attached hydrogens (tertiary/aromatic N) is 1. The summed E-state index contributed by atoms with van der Waals surface area (Å²) in [5.41, 5.74) is 2.10. The van der Waals surface area contributed by atoms with Crippen LogP contribution in [0.25, 0.3) is 0 Å². The molecule has 1 aromatic carbocycles. The number of hydrogen-bond donors (Lipinski definition) is 3. The minimum absolute atomic E-state index is 0.0174. The van der Waals surface area contributed by atoms with E-state index in [0.29, 0.717) is 31.4 Å². The summed E-state index contributed by atoms with van der Waals surface area (Å²) in [5, 5.41) is 27.9. The smallest absolute Gasteiger partial charge is 0.451 e. The van der Waals surface area contributed by atoms with Gasteiger partial charge in [0.1, 0.15) is 5.82 Å². The standard InChI is InChI=1S/C21H31BFNO4/c1-21(2)7-3-4-9-24(21)13-16-11-17-15(12-18(16)23)10-14(19(17)20(25)26)6-5-8-22(27)28/h11-12,14,19,27-28H,3-10,13H2,1-2H3,(H,25,26). The third-order valence-corrected chi connectivity index (χ3v) is 6.58. The summed E-state index contributed by atoms with van der Waals surface area (Å²) >= 11 is 0. The van der Waals surface area contributed by atoms with Crippen molar-refractivity contribution in [2.45, 2.75) is 76.7 Å². The van der Waals surface area contributed by atoms with Gasteiger partial charge in [-0.2, -0.15) is 0 Å². The van der Waals surface area contributed by atoms with Gasteiger partial charge in [0.15, 0.2) is 0 Å². The van der Waals surface area contributed by atoms with Gasteiger partial charge in [-0.3, -0.25) is 9.69 Å². The van der Waals surface area contributed by atoms with Crippen LogP contribution in [0.1, 0.15) is 68.6 Å². The first-order valence-electron chi connectivity index (χ1n) is 10.3. The Labute approximate surface area is 166 Å². The third kappa shape index (κ3) is 4.58. The normalized spacial score (nSPS) is 24.2. The maximum atomic E-state index is 14.8. The SMILES string of the molecule is CC1(C)CCCCN1Cc1cc2c(cc1F)CC(CCCB(O)O)C2C(=O)O. The predicted molar refractivity (Wildman–Crippen MR) is 107 cm³/mol. The Morgan fingerprint density at radius 2 is 2.07 bits per heavy atom. The number of aliphatic carboxylic acids is 1. The third-order valence-electron chi connectivity index (χ3n) is 6.58. The Kier molecular flexibility index (Phi) is 6.47. The summed E-state index contributed by atoms with van der Waals surface area (Å²) in [6.45, 7) is 5.80. The highest BCUT2D eigenvalue weighted by Crippen LogP contribution is 2.42. The second-order valence-corrected chi connectivity index (χ2v) is 9.03. The molecule has 2 atom stereocenters. The van der Waals surface area contributed by atoms with E-state index in [1.807, 2.05) is 0 Å². The van der Waals surface area contributed by atoms with Crippen LogP contribution in [0.4, 0.5) is 4.39 Å². The van der Waals surface area contributed by atoms with Crippen molar-refractivity contribution >= 4 is 13.1 Å². The lowest BCUT2D eigenvalue weighted by atomic mass is 9.80. The molecule has 154 valence electrons. The van der Waals surface area contributed by atoms with Crippen molar-refractivity contribution in [3.63, 3.8) is 0 Å². The van der Waals surface area contributed by atoms with Crippen molar-refractivity contribution in [2.24, 2.45) is 5.92 Å². The van der Waals surface area contributed by atoms with Crippen molar-refractivity contribution in [3.05, 3.63) is 34.6 Å². The summed E-state index contributed by atoms with van der Waals surface area (Å²) in [6.07, 6.45) is 5.24. The van der Waals surface area contributed by atoms with Crippen LogP contribution >= 0.6 is 0 Å². The Hall–Kier alpha value is -1.44. The number of fused-ring (bicyclic) bond motifs is 1. The number of piperidine rings is 1. The Balaban J connectivity index is 1.81. The number of likely N-dealkylation sites (tertiary alicyclic amines) is 1. The summed E-state index contributed by atoms with van der Waals surface area (Å²) in [7, 11) is -1.37. The summed E-state index contributed by atoms with van der Waals surface area (Å²) < 4.78 is 14.8. The van der Waals surface area contributed by atoms with Crippen LogP contribution in [0.2, 0.25) is 6.32 Å². The molecule has 3 rings (SSSR count). The van der Waals surface area contributed by atoms with Crippen molar-refractivity contribution < 1.29 is 24.3 Å². The van der Waals surface area contributed by atoms with Crippen molar-refractivity contribution in [3.8, 4) is 0 Å². The van der Waals surface area contributed by atoms with E-state index in [0.717, 1.165) is 30.5 Å². The maximum absolute atomic E-state index is 14.8. The molecule has 1 heterocycles. The van der Waals surface area contributed by atoms with Crippen LogP contribution in [0.5, 0.6) is 0 Å². The number of carboxylic acid groups (broad SMARTS) is 1. The molecule has 1 aromatic rings. The van der Waals surface area contributed by atoms with Gasteiger partial charge in [-0.15, -0.1) is 0 Å². The molecule has 7 heteroatoms. The van der Waals surface area contributed by atoms with Crippen LogP contribution < -0.4 is 0 Å². The fourth-order valence-corrected chi connectivity index (χ4v) is 4.91. The van der Waals surface area contributed by atoms with Gasteiger partial charge >= 0.3 is 13.1 Å².